The number of carbonyl (C=O) groups is 1. The van der Waals surface area contributed by atoms with Gasteiger partial charge in [-0.15, -0.1) is 0 Å². The normalized spacial score (nSPS) is 25.4. The summed E-state index contributed by atoms with van der Waals surface area (Å²) >= 11 is 0. The molecule has 1 fully saturated rings. The van der Waals surface area contributed by atoms with E-state index in [1.54, 1.807) is 0 Å². The number of carbonyl (C=O) groups excluding carboxylic acids is 1. The predicted molar refractivity (Wildman–Crippen MR) is 63.7 cm³/mol. The van der Waals surface area contributed by atoms with Gasteiger partial charge in [0.15, 0.2) is 5.79 Å². The average Bonchev–Trinajstić information content (AvgIpc) is 2.42. The van der Waals surface area contributed by atoms with E-state index in [2.05, 4.69) is 5.32 Å². The lowest BCUT2D eigenvalue weighted by Crippen LogP contribution is -2.45. The van der Waals surface area contributed by atoms with Crippen molar-refractivity contribution in [1.82, 2.24) is 5.32 Å². The Kier molecular flexibility index (Phi) is 4.04. The highest BCUT2D eigenvalue weighted by molar-refractivity contribution is 5.68. The summed E-state index contributed by atoms with van der Waals surface area (Å²) < 4.78 is 16.3. The molecule has 2 atom stereocenters. The summed E-state index contributed by atoms with van der Waals surface area (Å²) in [5.41, 5.74) is -0.490. The van der Waals surface area contributed by atoms with Crippen LogP contribution in [-0.4, -0.2) is 36.2 Å². The summed E-state index contributed by atoms with van der Waals surface area (Å²) in [7, 11) is 0. The Balaban J connectivity index is 2.40. The number of ether oxygens (including phenoxy) is 3. The molecule has 0 aromatic carbocycles. The summed E-state index contributed by atoms with van der Waals surface area (Å²) in [5, 5.41) is 2.75. The van der Waals surface area contributed by atoms with Crippen LogP contribution in [0.2, 0.25) is 0 Å². The zero-order valence-electron chi connectivity index (χ0n) is 11.5. The summed E-state index contributed by atoms with van der Waals surface area (Å²) in [6.07, 6.45) is -0.573. The van der Waals surface area contributed by atoms with Gasteiger partial charge in [-0.25, -0.2) is 4.79 Å². The van der Waals surface area contributed by atoms with Crippen molar-refractivity contribution < 1.29 is 19.0 Å². The molecule has 0 saturated carbocycles. The maximum absolute atomic E-state index is 11.6. The number of rotatable bonds is 2. The van der Waals surface area contributed by atoms with Crippen LogP contribution in [0.1, 0.15) is 41.5 Å². The highest BCUT2D eigenvalue weighted by Crippen LogP contribution is 2.24. The molecule has 0 aromatic heterocycles. The number of nitrogens with one attached hydrogen (secondary N) is 1. The number of hydrogen-bond donors (Lipinski definition) is 1. The van der Waals surface area contributed by atoms with Gasteiger partial charge in [0.05, 0.1) is 12.6 Å². The second-order valence-electron chi connectivity index (χ2n) is 5.80. The molecule has 17 heavy (non-hydrogen) atoms. The second kappa shape index (κ2) is 4.82. The molecule has 0 aliphatic carbocycles. The molecule has 100 valence electrons. The fourth-order valence-electron chi connectivity index (χ4n) is 1.55. The van der Waals surface area contributed by atoms with E-state index in [0.29, 0.717) is 6.61 Å². The Morgan fingerprint density at radius 1 is 1.47 bits per heavy atom. The third-order valence-electron chi connectivity index (χ3n) is 2.33. The minimum Gasteiger partial charge on any atom is -0.444 e. The third-order valence-corrected chi connectivity index (χ3v) is 2.33. The Morgan fingerprint density at radius 3 is 2.47 bits per heavy atom. The van der Waals surface area contributed by atoms with Gasteiger partial charge in [-0.1, -0.05) is 0 Å². The molecule has 5 heteroatoms. The lowest BCUT2D eigenvalue weighted by Gasteiger charge is -2.24. The molecule has 1 amide bonds. The summed E-state index contributed by atoms with van der Waals surface area (Å²) in [5.74, 6) is -0.575. The zero-order valence-corrected chi connectivity index (χ0v) is 11.5. The van der Waals surface area contributed by atoms with Crippen molar-refractivity contribution in [3.05, 3.63) is 0 Å². The van der Waals surface area contributed by atoms with Gasteiger partial charge in [0.2, 0.25) is 0 Å². The summed E-state index contributed by atoms with van der Waals surface area (Å²) in [6, 6.07) is -0.147. The smallest absolute Gasteiger partial charge is 0.407 e. The molecular weight excluding hydrogens is 222 g/mol. The summed E-state index contributed by atoms with van der Waals surface area (Å²) in [4.78, 5) is 11.6. The van der Waals surface area contributed by atoms with E-state index < -0.39 is 17.5 Å². The van der Waals surface area contributed by atoms with Crippen LogP contribution in [0.5, 0.6) is 0 Å². The molecule has 1 rings (SSSR count). The van der Waals surface area contributed by atoms with Gasteiger partial charge < -0.3 is 19.5 Å². The molecule has 1 saturated heterocycles. The Morgan fingerprint density at radius 2 is 2.06 bits per heavy atom. The van der Waals surface area contributed by atoms with Crippen LogP contribution in [-0.2, 0) is 14.2 Å². The van der Waals surface area contributed by atoms with Gasteiger partial charge in [0, 0.05) is 0 Å². The van der Waals surface area contributed by atoms with E-state index >= 15 is 0 Å². The molecule has 0 radical (unpaired) electrons. The zero-order chi connectivity index (χ0) is 13.3. The van der Waals surface area contributed by atoms with Gasteiger partial charge in [0.1, 0.15) is 11.7 Å². The van der Waals surface area contributed by atoms with Gasteiger partial charge in [-0.3, -0.25) is 0 Å². The predicted octanol–water partition coefficient (Wildman–Crippen LogP) is 2.05. The first-order chi connectivity index (χ1) is 7.59. The maximum Gasteiger partial charge on any atom is 0.407 e. The Labute approximate surface area is 103 Å². The van der Waals surface area contributed by atoms with Crippen molar-refractivity contribution in [2.24, 2.45) is 0 Å². The highest BCUT2D eigenvalue weighted by atomic mass is 16.7. The fraction of sp³-hybridized carbons (Fsp3) is 0.917. The minimum atomic E-state index is -0.575. The lowest BCUT2D eigenvalue weighted by molar-refractivity contribution is -0.141. The topological polar surface area (TPSA) is 56.8 Å². The van der Waals surface area contributed by atoms with Crippen LogP contribution in [0, 0.1) is 0 Å². The van der Waals surface area contributed by atoms with Crippen LogP contribution in [0.3, 0.4) is 0 Å². The van der Waals surface area contributed by atoms with E-state index in [4.69, 9.17) is 14.2 Å². The molecule has 0 bridgehead atoms. The average molecular weight is 245 g/mol. The van der Waals surface area contributed by atoms with Crippen LogP contribution in [0.15, 0.2) is 0 Å². The molecule has 0 spiro atoms. The van der Waals surface area contributed by atoms with Crippen LogP contribution in [0.4, 0.5) is 4.79 Å². The molecule has 5 nitrogen and oxygen atoms in total. The molecule has 1 heterocycles. The van der Waals surface area contributed by atoms with Crippen LogP contribution < -0.4 is 5.32 Å². The minimum absolute atomic E-state index is 0.141. The third kappa shape index (κ3) is 4.91. The molecular formula is C12H23NO4. The molecule has 1 N–H and O–H groups in total. The van der Waals surface area contributed by atoms with E-state index in [1.807, 2.05) is 41.5 Å². The highest BCUT2D eigenvalue weighted by Gasteiger charge is 2.36. The molecule has 0 aromatic rings. The number of hydrogen-bond acceptors (Lipinski definition) is 4. The first kappa shape index (κ1) is 14.3. The van der Waals surface area contributed by atoms with Gasteiger partial charge in [0.25, 0.3) is 0 Å². The second-order valence-corrected chi connectivity index (χ2v) is 5.80. The maximum atomic E-state index is 11.6. The standard InChI is InChI=1S/C12H23NO4/c1-8(9-7-15-12(5,6)16-9)13-10(14)17-11(2,3)4/h8-9H,7H2,1-6H3,(H,13,14)/t8-,9+/m1/s1. The fourth-order valence-corrected chi connectivity index (χ4v) is 1.55. The van der Waals surface area contributed by atoms with Gasteiger partial charge >= 0.3 is 6.09 Å². The first-order valence-corrected chi connectivity index (χ1v) is 5.90. The largest absolute Gasteiger partial charge is 0.444 e. The van der Waals surface area contributed by atoms with Crippen LogP contribution in [0.25, 0.3) is 0 Å². The number of alkyl carbamates (subject to hydrolysis) is 1. The molecule has 0 unspecified atom stereocenters. The quantitative estimate of drug-likeness (QED) is 0.809. The molecule has 1 aliphatic rings. The SMILES string of the molecule is C[C@@H](NC(=O)OC(C)(C)C)[C@@H]1COC(C)(C)O1. The van der Waals surface area contributed by atoms with Crippen molar-refractivity contribution in [1.29, 1.82) is 0 Å². The van der Waals surface area contributed by atoms with Crippen molar-refractivity contribution in [2.75, 3.05) is 6.61 Å². The van der Waals surface area contributed by atoms with Crippen molar-refractivity contribution >= 4 is 6.09 Å². The van der Waals surface area contributed by atoms with E-state index in [1.165, 1.54) is 0 Å². The Hall–Kier alpha value is -0.810. The van der Waals surface area contributed by atoms with Crippen molar-refractivity contribution in [2.45, 2.75) is 65.1 Å². The van der Waals surface area contributed by atoms with Crippen LogP contribution >= 0.6 is 0 Å². The lowest BCUT2D eigenvalue weighted by atomic mass is 10.2. The van der Waals surface area contributed by atoms with E-state index in [-0.39, 0.29) is 12.1 Å². The van der Waals surface area contributed by atoms with Gasteiger partial charge in [-0.05, 0) is 41.5 Å². The van der Waals surface area contributed by atoms with Crippen molar-refractivity contribution in [3.63, 3.8) is 0 Å². The Bertz CT molecular complexity index is 283. The van der Waals surface area contributed by atoms with Crippen molar-refractivity contribution in [3.8, 4) is 0 Å². The first-order valence-electron chi connectivity index (χ1n) is 5.90. The monoisotopic (exact) mass is 245 g/mol. The molecule has 1 aliphatic heterocycles. The van der Waals surface area contributed by atoms with Gasteiger partial charge in [-0.2, -0.15) is 0 Å². The summed E-state index contributed by atoms with van der Waals surface area (Å²) in [6.45, 7) is 11.5. The number of amides is 1. The van der Waals surface area contributed by atoms with E-state index in [9.17, 15) is 4.79 Å². The van der Waals surface area contributed by atoms with E-state index in [0.717, 1.165) is 0 Å².